The molecule has 2 aromatic carbocycles. The van der Waals surface area contributed by atoms with Gasteiger partial charge in [0.2, 0.25) is 0 Å². The maximum atomic E-state index is 14.0. The first-order valence-electron chi connectivity index (χ1n) is 9.36. The van der Waals surface area contributed by atoms with Gasteiger partial charge >= 0.3 is 6.03 Å². The lowest BCUT2D eigenvalue weighted by Gasteiger charge is -2.23. The molecule has 1 aromatic heterocycles. The van der Waals surface area contributed by atoms with E-state index in [0.29, 0.717) is 24.5 Å². The van der Waals surface area contributed by atoms with Crippen LogP contribution in [0.4, 0.5) is 25.0 Å². The number of nitrogens with one attached hydrogen (secondary N) is 2. The minimum Gasteiger partial charge on any atom is -0.368 e. The van der Waals surface area contributed by atoms with Crippen LogP contribution in [0.25, 0.3) is 10.6 Å². The Balaban J connectivity index is 1.17. The highest BCUT2D eigenvalue weighted by atomic mass is 32.1. The molecule has 1 unspecified atom stereocenters. The molecule has 5 rings (SSSR count). The van der Waals surface area contributed by atoms with Crippen LogP contribution in [0.5, 0.6) is 0 Å². The first-order valence-corrected chi connectivity index (χ1v) is 10.2. The van der Waals surface area contributed by atoms with E-state index in [1.165, 1.54) is 12.1 Å². The van der Waals surface area contributed by atoms with Crippen LogP contribution in [0.1, 0.15) is 0 Å². The van der Waals surface area contributed by atoms with Crippen LogP contribution in [0.15, 0.2) is 54.0 Å². The largest absolute Gasteiger partial charge is 0.368 e. The lowest BCUT2D eigenvalue weighted by molar-refractivity contribution is 0.250. The molecule has 1 aliphatic carbocycles. The number of piperidine rings is 1. The Hall–Kier alpha value is -3.00. The van der Waals surface area contributed by atoms with E-state index in [0.717, 1.165) is 16.6 Å². The van der Waals surface area contributed by atoms with Gasteiger partial charge in [-0.25, -0.2) is 18.6 Å². The van der Waals surface area contributed by atoms with Crippen molar-refractivity contribution in [2.75, 3.05) is 23.3 Å². The molecule has 0 radical (unpaired) electrons. The number of rotatable bonds is 4. The van der Waals surface area contributed by atoms with Gasteiger partial charge in [-0.05, 0) is 24.3 Å². The van der Waals surface area contributed by atoms with Gasteiger partial charge in [0.05, 0.1) is 5.69 Å². The fraction of sp³-hybridized carbons (Fsp3) is 0.238. The number of halogens is 2. The van der Waals surface area contributed by atoms with Crippen molar-refractivity contribution in [3.63, 3.8) is 0 Å². The van der Waals surface area contributed by atoms with E-state index in [4.69, 9.17) is 0 Å². The normalized spacial score (nSPS) is 22.3. The van der Waals surface area contributed by atoms with E-state index in [-0.39, 0.29) is 23.9 Å². The van der Waals surface area contributed by atoms with Crippen LogP contribution in [-0.4, -0.2) is 30.1 Å². The summed E-state index contributed by atoms with van der Waals surface area (Å²) in [7, 11) is 0. The predicted octanol–water partition coefficient (Wildman–Crippen LogP) is 4.34. The summed E-state index contributed by atoms with van der Waals surface area (Å²) in [6.07, 6.45) is 1.75. The monoisotopic (exact) mass is 412 g/mol. The molecule has 2 heterocycles. The first kappa shape index (κ1) is 18.1. The van der Waals surface area contributed by atoms with Crippen molar-refractivity contribution in [3.8, 4) is 10.6 Å². The Morgan fingerprint density at radius 2 is 1.97 bits per heavy atom. The van der Waals surface area contributed by atoms with Crippen molar-refractivity contribution < 1.29 is 13.6 Å². The van der Waals surface area contributed by atoms with Crippen molar-refractivity contribution in [3.05, 3.63) is 65.7 Å². The number of fused-ring (bicyclic) bond motifs is 1. The van der Waals surface area contributed by atoms with Gasteiger partial charge in [-0.2, -0.15) is 0 Å². The summed E-state index contributed by atoms with van der Waals surface area (Å²) in [4.78, 5) is 18.6. The van der Waals surface area contributed by atoms with Gasteiger partial charge in [0.1, 0.15) is 16.6 Å². The molecule has 148 valence electrons. The molecule has 8 heteroatoms. The molecule has 29 heavy (non-hydrogen) atoms. The van der Waals surface area contributed by atoms with Crippen molar-refractivity contribution in [1.82, 2.24) is 10.3 Å². The zero-order valence-corrected chi connectivity index (χ0v) is 16.1. The topological polar surface area (TPSA) is 57.3 Å². The second-order valence-electron chi connectivity index (χ2n) is 7.37. The second kappa shape index (κ2) is 7.11. The van der Waals surface area contributed by atoms with Gasteiger partial charge in [-0.1, -0.05) is 12.1 Å². The van der Waals surface area contributed by atoms with Gasteiger partial charge in [0.25, 0.3) is 0 Å². The van der Waals surface area contributed by atoms with Crippen molar-refractivity contribution in [2.45, 2.75) is 6.04 Å². The molecule has 2 amide bonds. The molecule has 1 aliphatic heterocycles. The Kier molecular flexibility index (Phi) is 4.43. The molecule has 1 saturated heterocycles. The van der Waals surface area contributed by atoms with E-state index >= 15 is 0 Å². The van der Waals surface area contributed by atoms with Gasteiger partial charge in [0.15, 0.2) is 0 Å². The SMILES string of the molecule is O=C(Nc1cccc(-c2nccs2)c1)NC1[C@H]2CN(c3ccc(F)cc3F)C[C@@H]12. The van der Waals surface area contributed by atoms with E-state index in [2.05, 4.69) is 15.6 Å². The quantitative estimate of drug-likeness (QED) is 0.670. The first-order chi connectivity index (χ1) is 14.1. The minimum atomic E-state index is -0.578. The summed E-state index contributed by atoms with van der Waals surface area (Å²) >= 11 is 1.54. The number of hydrogen-bond donors (Lipinski definition) is 2. The number of nitrogens with zero attached hydrogens (tertiary/aromatic N) is 2. The Morgan fingerprint density at radius 3 is 2.69 bits per heavy atom. The zero-order chi connectivity index (χ0) is 20.0. The summed E-state index contributed by atoms with van der Waals surface area (Å²) in [6, 6.07) is 11.0. The lowest BCUT2D eigenvalue weighted by atomic mass is 10.2. The van der Waals surface area contributed by atoms with Crippen molar-refractivity contribution in [2.24, 2.45) is 11.8 Å². The lowest BCUT2D eigenvalue weighted by Crippen LogP contribution is -2.37. The minimum absolute atomic E-state index is 0.0805. The molecule has 3 atom stereocenters. The molecule has 2 fully saturated rings. The number of aromatic nitrogens is 1. The van der Waals surface area contributed by atoms with Gasteiger partial charge in [-0.3, -0.25) is 0 Å². The predicted molar refractivity (Wildman–Crippen MR) is 109 cm³/mol. The average molecular weight is 412 g/mol. The molecule has 0 bridgehead atoms. The standard InChI is InChI=1S/C21H18F2N4OS/c22-13-4-5-18(17(23)9-13)27-10-15-16(11-27)19(15)26-21(28)25-14-3-1-2-12(8-14)20-24-6-7-29-20/h1-9,15-16,19H,10-11H2,(H2,25,26,28)/t15-,16+,19?. The van der Waals surface area contributed by atoms with Gasteiger partial charge < -0.3 is 15.5 Å². The molecule has 0 spiro atoms. The number of anilines is 2. The third kappa shape index (κ3) is 3.55. The summed E-state index contributed by atoms with van der Waals surface area (Å²) in [5, 5.41) is 8.70. The van der Waals surface area contributed by atoms with Crippen LogP contribution in [-0.2, 0) is 0 Å². The number of urea groups is 1. The average Bonchev–Trinajstić information content (AvgIpc) is 3.13. The van der Waals surface area contributed by atoms with E-state index in [1.54, 1.807) is 17.5 Å². The van der Waals surface area contributed by atoms with Crippen LogP contribution < -0.4 is 15.5 Å². The van der Waals surface area contributed by atoms with Crippen LogP contribution in [0, 0.1) is 23.5 Å². The third-order valence-corrected chi connectivity index (χ3v) is 6.36. The fourth-order valence-corrected chi connectivity index (χ4v) is 4.72. The number of hydrogen-bond acceptors (Lipinski definition) is 4. The summed E-state index contributed by atoms with van der Waals surface area (Å²) in [5.41, 5.74) is 2.08. The molecular formula is C21H18F2N4OS. The Bertz CT molecular complexity index is 1050. The molecule has 1 saturated carbocycles. The number of carbonyl (C=O) groups excluding carboxylic acids is 1. The number of thiazole rings is 1. The molecular weight excluding hydrogens is 394 g/mol. The zero-order valence-electron chi connectivity index (χ0n) is 15.3. The summed E-state index contributed by atoms with van der Waals surface area (Å²) in [5.74, 6) is -0.557. The highest BCUT2D eigenvalue weighted by Gasteiger charge is 2.56. The molecule has 5 nitrogen and oxygen atoms in total. The maximum Gasteiger partial charge on any atom is 0.319 e. The molecule has 3 aromatic rings. The summed E-state index contributed by atoms with van der Waals surface area (Å²) in [6.45, 7) is 1.30. The van der Waals surface area contributed by atoms with Crippen LogP contribution in [0.2, 0.25) is 0 Å². The highest BCUT2D eigenvalue weighted by Crippen LogP contribution is 2.47. The van der Waals surface area contributed by atoms with Gasteiger partial charge in [-0.15, -0.1) is 11.3 Å². The molecule has 2 aliphatic rings. The maximum absolute atomic E-state index is 14.0. The fourth-order valence-electron chi connectivity index (χ4n) is 4.09. The van der Waals surface area contributed by atoms with Crippen LogP contribution in [0.3, 0.4) is 0 Å². The molecule has 2 N–H and O–H groups in total. The van der Waals surface area contributed by atoms with Crippen LogP contribution >= 0.6 is 11.3 Å². The van der Waals surface area contributed by atoms with Crippen molar-refractivity contribution in [1.29, 1.82) is 0 Å². The van der Waals surface area contributed by atoms with E-state index in [1.807, 2.05) is 34.5 Å². The number of carbonyl (C=O) groups is 1. The van der Waals surface area contributed by atoms with E-state index < -0.39 is 11.6 Å². The Morgan fingerprint density at radius 1 is 1.14 bits per heavy atom. The number of benzene rings is 2. The highest BCUT2D eigenvalue weighted by molar-refractivity contribution is 7.13. The summed E-state index contributed by atoms with van der Waals surface area (Å²) < 4.78 is 27.1. The third-order valence-electron chi connectivity index (χ3n) is 5.54. The van der Waals surface area contributed by atoms with Crippen molar-refractivity contribution >= 4 is 28.7 Å². The smallest absolute Gasteiger partial charge is 0.319 e. The van der Waals surface area contributed by atoms with Gasteiger partial charge in [0, 0.05) is 59.9 Å². The van der Waals surface area contributed by atoms with E-state index in [9.17, 15) is 13.6 Å². The second-order valence-corrected chi connectivity index (χ2v) is 8.27. The number of amides is 2. The Labute approximate surface area is 170 Å².